The molecule has 0 amide bonds. The second-order valence-corrected chi connectivity index (χ2v) is 14.6. The van der Waals surface area contributed by atoms with Crippen LogP contribution in [0.3, 0.4) is 0 Å². The van der Waals surface area contributed by atoms with Gasteiger partial charge < -0.3 is 9.13 Å². The van der Waals surface area contributed by atoms with Crippen LogP contribution in [0.1, 0.15) is 0 Å². The molecule has 0 aliphatic carbocycles. The Morgan fingerprint density at radius 2 is 0.704 bits per heavy atom. The van der Waals surface area contributed by atoms with Gasteiger partial charge in [-0.3, -0.25) is 0 Å². The second kappa shape index (κ2) is 11.2. The van der Waals surface area contributed by atoms with E-state index in [-0.39, 0.29) is 0 Å². The van der Waals surface area contributed by atoms with Gasteiger partial charge in [0.1, 0.15) is 0 Å². The standard InChI is InChI=1S/C52H32N2/c1-3-11-36-30-41(24-19-33(36)9-1)53-47-15-7-5-13-44(47)51-43-26-21-38(29-40(43)23-28-49(51)53)39-18-17-35-22-27-50-52(46(35)32-39)45-14-6-8-16-48(45)54(50)42-25-20-34-10-2-4-12-37(34)31-42/h1-32H. The number of nitrogens with zero attached hydrogens (tertiary/aromatic N) is 2. The number of benzene rings is 10. The predicted molar refractivity (Wildman–Crippen MR) is 231 cm³/mol. The van der Waals surface area contributed by atoms with Gasteiger partial charge in [-0.05, 0) is 115 Å². The molecule has 2 aromatic heterocycles. The van der Waals surface area contributed by atoms with Crippen molar-refractivity contribution in [1.82, 2.24) is 9.13 Å². The Balaban J connectivity index is 1.04. The van der Waals surface area contributed by atoms with Crippen LogP contribution in [-0.4, -0.2) is 9.13 Å². The fraction of sp³-hybridized carbons (Fsp3) is 0. The van der Waals surface area contributed by atoms with Crippen LogP contribution in [-0.2, 0) is 0 Å². The zero-order chi connectivity index (χ0) is 35.3. The molecule has 0 aliphatic rings. The molecule has 2 heterocycles. The van der Waals surface area contributed by atoms with Gasteiger partial charge in [-0.2, -0.15) is 0 Å². The zero-order valence-electron chi connectivity index (χ0n) is 29.4. The monoisotopic (exact) mass is 684 g/mol. The molecule has 54 heavy (non-hydrogen) atoms. The minimum atomic E-state index is 1.18. The Bertz CT molecular complexity index is 3510. The van der Waals surface area contributed by atoms with Gasteiger partial charge in [-0.15, -0.1) is 0 Å². The predicted octanol–water partition coefficient (Wildman–Crippen LogP) is 14.2. The van der Waals surface area contributed by atoms with Gasteiger partial charge in [0.15, 0.2) is 0 Å². The lowest BCUT2D eigenvalue weighted by atomic mass is 9.95. The summed E-state index contributed by atoms with van der Waals surface area (Å²) in [6.07, 6.45) is 0. The molecule has 0 aliphatic heterocycles. The van der Waals surface area contributed by atoms with Crippen LogP contribution in [0.15, 0.2) is 194 Å². The summed E-state index contributed by atoms with van der Waals surface area (Å²) >= 11 is 0. The molecule has 0 N–H and O–H groups in total. The van der Waals surface area contributed by atoms with Gasteiger partial charge in [0.2, 0.25) is 0 Å². The van der Waals surface area contributed by atoms with Crippen molar-refractivity contribution < 1.29 is 0 Å². The molecule has 250 valence electrons. The quantitative estimate of drug-likeness (QED) is 0.175. The van der Waals surface area contributed by atoms with Gasteiger partial charge in [-0.1, -0.05) is 133 Å². The molecule has 0 saturated carbocycles. The SMILES string of the molecule is c1ccc2cc(-n3c4ccccc4c4c5ccc(-c6ccc7ccc8c(c7c6)c6ccccc6n8-c6ccc7ccccc7c6)cc5ccc43)ccc2c1. The van der Waals surface area contributed by atoms with Gasteiger partial charge in [0.25, 0.3) is 0 Å². The third-order valence-corrected chi connectivity index (χ3v) is 11.6. The minimum Gasteiger partial charge on any atom is -0.309 e. The van der Waals surface area contributed by atoms with Crippen molar-refractivity contribution in [1.29, 1.82) is 0 Å². The summed E-state index contributed by atoms with van der Waals surface area (Å²) in [6.45, 7) is 0. The zero-order valence-corrected chi connectivity index (χ0v) is 29.4. The molecular weight excluding hydrogens is 653 g/mol. The summed E-state index contributed by atoms with van der Waals surface area (Å²) < 4.78 is 4.85. The van der Waals surface area contributed by atoms with E-state index in [2.05, 4.69) is 203 Å². The van der Waals surface area contributed by atoms with Crippen molar-refractivity contribution in [3.05, 3.63) is 194 Å². The van der Waals surface area contributed by atoms with E-state index < -0.39 is 0 Å². The molecular formula is C52H32N2. The number of para-hydroxylation sites is 2. The molecule has 0 fully saturated rings. The second-order valence-electron chi connectivity index (χ2n) is 14.6. The van der Waals surface area contributed by atoms with Crippen LogP contribution in [0.25, 0.3) is 109 Å². The van der Waals surface area contributed by atoms with Crippen molar-refractivity contribution in [2.45, 2.75) is 0 Å². The molecule has 2 nitrogen and oxygen atoms in total. The van der Waals surface area contributed by atoms with Gasteiger partial charge in [0, 0.05) is 32.9 Å². The van der Waals surface area contributed by atoms with Gasteiger partial charge in [-0.25, -0.2) is 0 Å². The Labute approximate surface area is 311 Å². The largest absolute Gasteiger partial charge is 0.309 e. The maximum atomic E-state index is 2.43. The lowest BCUT2D eigenvalue weighted by Gasteiger charge is -2.11. The molecule has 0 spiro atoms. The van der Waals surface area contributed by atoms with Gasteiger partial charge >= 0.3 is 0 Å². The summed E-state index contributed by atoms with van der Waals surface area (Å²) in [7, 11) is 0. The summed E-state index contributed by atoms with van der Waals surface area (Å²) in [6, 6.07) is 71.6. The highest BCUT2D eigenvalue weighted by Crippen LogP contribution is 2.41. The smallest absolute Gasteiger partial charge is 0.0547 e. The van der Waals surface area contributed by atoms with E-state index in [4.69, 9.17) is 0 Å². The third-order valence-electron chi connectivity index (χ3n) is 11.6. The average molecular weight is 685 g/mol. The van der Waals surface area contributed by atoms with Crippen molar-refractivity contribution >= 4 is 86.7 Å². The first-order valence-corrected chi connectivity index (χ1v) is 18.7. The number of hydrogen-bond acceptors (Lipinski definition) is 0. The van der Waals surface area contributed by atoms with E-state index in [1.54, 1.807) is 0 Å². The third kappa shape index (κ3) is 4.22. The van der Waals surface area contributed by atoms with E-state index in [1.165, 1.54) is 109 Å². The summed E-state index contributed by atoms with van der Waals surface area (Å²) in [5.74, 6) is 0. The molecule has 12 rings (SSSR count). The van der Waals surface area contributed by atoms with Crippen molar-refractivity contribution in [2.24, 2.45) is 0 Å². The van der Waals surface area contributed by atoms with Crippen molar-refractivity contribution in [2.75, 3.05) is 0 Å². The normalized spacial score (nSPS) is 12.1. The fourth-order valence-corrected chi connectivity index (χ4v) is 9.13. The Hall–Kier alpha value is -7.16. The maximum Gasteiger partial charge on any atom is 0.0547 e. The number of fused-ring (bicyclic) bond motifs is 12. The van der Waals surface area contributed by atoms with Gasteiger partial charge in [0.05, 0.1) is 22.1 Å². The molecule has 0 unspecified atom stereocenters. The molecule has 12 aromatic rings. The summed E-state index contributed by atoms with van der Waals surface area (Å²) in [5.41, 5.74) is 9.69. The molecule has 2 heteroatoms. The molecule has 0 atom stereocenters. The molecule has 0 bridgehead atoms. The lowest BCUT2D eigenvalue weighted by Crippen LogP contribution is -1.93. The average Bonchev–Trinajstić information content (AvgIpc) is 3.76. The van der Waals surface area contributed by atoms with Crippen LogP contribution in [0.5, 0.6) is 0 Å². The molecule has 10 aromatic carbocycles. The van der Waals surface area contributed by atoms with E-state index >= 15 is 0 Å². The van der Waals surface area contributed by atoms with E-state index in [1.807, 2.05) is 0 Å². The topological polar surface area (TPSA) is 9.86 Å². The Kier molecular flexibility index (Phi) is 6.09. The van der Waals surface area contributed by atoms with Crippen LogP contribution < -0.4 is 0 Å². The van der Waals surface area contributed by atoms with E-state index in [0.29, 0.717) is 0 Å². The highest BCUT2D eigenvalue weighted by Gasteiger charge is 2.18. The first-order chi connectivity index (χ1) is 26.8. The maximum absolute atomic E-state index is 2.43. The highest BCUT2D eigenvalue weighted by atomic mass is 15.0. The van der Waals surface area contributed by atoms with E-state index in [9.17, 15) is 0 Å². The van der Waals surface area contributed by atoms with Crippen molar-refractivity contribution in [3.63, 3.8) is 0 Å². The molecule has 0 radical (unpaired) electrons. The van der Waals surface area contributed by atoms with Crippen molar-refractivity contribution in [3.8, 4) is 22.5 Å². The van der Waals surface area contributed by atoms with Crippen LogP contribution in [0.4, 0.5) is 0 Å². The fourth-order valence-electron chi connectivity index (χ4n) is 9.13. The summed E-state index contributed by atoms with van der Waals surface area (Å²) in [4.78, 5) is 0. The number of aromatic nitrogens is 2. The number of hydrogen-bond donors (Lipinski definition) is 0. The Morgan fingerprint density at radius 3 is 1.33 bits per heavy atom. The first kappa shape index (κ1) is 29.4. The Morgan fingerprint density at radius 1 is 0.241 bits per heavy atom. The molecule has 0 saturated heterocycles. The lowest BCUT2D eigenvalue weighted by molar-refractivity contribution is 1.19. The highest BCUT2D eigenvalue weighted by molar-refractivity contribution is 6.23. The van der Waals surface area contributed by atoms with Crippen LogP contribution in [0, 0.1) is 0 Å². The first-order valence-electron chi connectivity index (χ1n) is 18.7. The van der Waals surface area contributed by atoms with E-state index in [0.717, 1.165) is 0 Å². The van der Waals surface area contributed by atoms with Crippen LogP contribution in [0.2, 0.25) is 0 Å². The minimum absolute atomic E-state index is 1.18. The number of rotatable bonds is 3. The van der Waals surface area contributed by atoms with Crippen LogP contribution >= 0.6 is 0 Å². The summed E-state index contributed by atoms with van der Waals surface area (Å²) in [5, 5.41) is 15.2.